The molecule has 0 fully saturated rings. The van der Waals surface area contributed by atoms with Crippen LogP contribution in [0.1, 0.15) is 24.5 Å². The van der Waals surface area contributed by atoms with Crippen LogP contribution in [0.25, 0.3) is 0 Å². The van der Waals surface area contributed by atoms with E-state index in [1.807, 2.05) is 26.0 Å². The van der Waals surface area contributed by atoms with Gasteiger partial charge in [-0.05, 0) is 44.2 Å². The van der Waals surface area contributed by atoms with E-state index in [4.69, 9.17) is 27.6 Å². The maximum atomic E-state index is 11.9. The number of benzene rings is 1. The molecule has 0 saturated heterocycles. The van der Waals surface area contributed by atoms with Gasteiger partial charge in [0.1, 0.15) is 11.5 Å². The van der Waals surface area contributed by atoms with Gasteiger partial charge >= 0.3 is 6.03 Å². The van der Waals surface area contributed by atoms with Crippen LogP contribution in [0.5, 0.6) is 0 Å². The maximum absolute atomic E-state index is 11.9. The van der Waals surface area contributed by atoms with Crippen LogP contribution in [0.4, 0.5) is 10.5 Å². The molecule has 0 bridgehead atoms. The number of furan rings is 1. The zero-order valence-electron chi connectivity index (χ0n) is 11.0. The number of carbonyl (C=O) groups is 1. The van der Waals surface area contributed by atoms with Crippen molar-refractivity contribution in [3.8, 4) is 0 Å². The number of carbonyl (C=O) groups excluding carboxylic acids is 1. The molecule has 4 nitrogen and oxygen atoms in total. The normalized spacial score (nSPS) is 12.0. The van der Waals surface area contributed by atoms with Crippen LogP contribution < -0.4 is 10.6 Å². The Morgan fingerprint density at radius 1 is 1.20 bits per heavy atom. The molecule has 0 aliphatic rings. The number of halogens is 2. The van der Waals surface area contributed by atoms with Crippen molar-refractivity contribution < 1.29 is 9.21 Å². The molecule has 2 N–H and O–H groups in total. The Bertz CT molecular complexity index is 625. The molecule has 0 spiro atoms. The van der Waals surface area contributed by atoms with Gasteiger partial charge in [0.2, 0.25) is 0 Å². The number of hydrogen-bond acceptors (Lipinski definition) is 2. The second-order valence-electron chi connectivity index (χ2n) is 4.40. The van der Waals surface area contributed by atoms with Gasteiger partial charge in [-0.25, -0.2) is 4.79 Å². The first-order valence-corrected chi connectivity index (χ1v) is 6.80. The first-order valence-electron chi connectivity index (χ1n) is 6.04. The quantitative estimate of drug-likeness (QED) is 0.857. The zero-order chi connectivity index (χ0) is 14.7. The van der Waals surface area contributed by atoms with Crippen LogP contribution in [0.3, 0.4) is 0 Å². The Balaban J connectivity index is 1.96. The molecule has 0 unspecified atom stereocenters. The SMILES string of the molecule is Cc1ccc([C@H](C)NC(=O)Nc2ccc(Cl)c(Cl)c2)o1. The highest BCUT2D eigenvalue weighted by atomic mass is 35.5. The highest BCUT2D eigenvalue weighted by Gasteiger charge is 2.13. The average molecular weight is 313 g/mol. The standard InChI is InChI=1S/C14H14Cl2N2O2/c1-8-3-6-13(20-8)9(2)17-14(19)18-10-4-5-11(15)12(16)7-10/h3-7,9H,1-2H3,(H2,17,18,19)/t9-/m0/s1. The number of amides is 2. The molecule has 1 atom stereocenters. The monoisotopic (exact) mass is 312 g/mol. The highest BCUT2D eigenvalue weighted by molar-refractivity contribution is 6.42. The van der Waals surface area contributed by atoms with Crippen molar-refractivity contribution in [2.45, 2.75) is 19.9 Å². The van der Waals surface area contributed by atoms with E-state index < -0.39 is 0 Å². The van der Waals surface area contributed by atoms with Gasteiger partial charge in [0.25, 0.3) is 0 Å². The first-order chi connectivity index (χ1) is 9.45. The van der Waals surface area contributed by atoms with Crippen molar-refractivity contribution in [1.29, 1.82) is 0 Å². The van der Waals surface area contributed by atoms with Crippen LogP contribution >= 0.6 is 23.2 Å². The van der Waals surface area contributed by atoms with E-state index in [1.54, 1.807) is 18.2 Å². The molecule has 0 radical (unpaired) electrons. The molecule has 6 heteroatoms. The smallest absolute Gasteiger partial charge is 0.319 e. The van der Waals surface area contributed by atoms with Crippen LogP contribution in [0.15, 0.2) is 34.7 Å². The Kier molecular flexibility index (Phi) is 4.57. The molecule has 1 aromatic carbocycles. The van der Waals surface area contributed by atoms with Gasteiger partial charge in [0.15, 0.2) is 0 Å². The molecule has 1 heterocycles. The summed E-state index contributed by atoms with van der Waals surface area (Å²) in [6.45, 7) is 3.69. The van der Waals surface area contributed by atoms with E-state index in [9.17, 15) is 4.79 Å². The molecule has 0 aliphatic heterocycles. The third kappa shape index (κ3) is 3.68. The Morgan fingerprint density at radius 2 is 1.95 bits per heavy atom. The lowest BCUT2D eigenvalue weighted by atomic mass is 10.2. The second-order valence-corrected chi connectivity index (χ2v) is 5.21. The van der Waals surface area contributed by atoms with E-state index in [0.717, 1.165) is 5.76 Å². The van der Waals surface area contributed by atoms with E-state index >= 15 is 0 Å². The van der Waals surface area contributed by atoms with Crippen molar-refractivity contribution in [3.05, 3.63) is 51.9 Å². The Morgan fingerprint density at radius 3 is 2.55 bits per heavy atom. The van der Waals surface area contributed by atoms with Crippen molar-refractivity contribution in [2.24, 2.45) is 0 Å². The summed E-state index contributed by atoms with van der Waals surface area (Å²) in [5.74, 6) is 1.50. The Hall–Kier alpha value is -1.65. The minimum Gasteiger partial charge on any atom is -0.464 e. The lowest BCUT2D eigenvalue weighted by molar-refractivity contribution is 0.247. The zero-order valence-corrected chi connectivity index (χ0v) is 12.5. The highest BCUT2D eigenvalue weighted by Crippen LogP contribution is 2.25. The first kappa shape index (κ1) is 14.8. The fourth-order valence-corrected chi connectivity index (χ4v) is 1.99. The van der Waals surface area contributed by atoms with E-state index in [2.05, 4.69) is 10.6 Å². The van der Waals surface area contributed by atoms with Gasteiger partial charge in [-0.3, -0.25) is 0 Å². The van der Waals surface area contributed by atoms with E-state index in [1.165, 1.54) is 0 Å². The van der Waals surface area contributed by atoms with E-state index in [0.29, 0.717) is 21.5 Å². The number of nitrogens with one attached hydrogen (secondary N) is 2. The van der Waals surface area contributed by atoms with E-state index in [-0.39, 0.29) is 12.1 Å². The molecule has 20 heavy (non-hydrogen) atoms. The molecular weight excluding hydrogens is 299 g/mol. The van der Waals surface area contributed by atoms with Crippen molar-refractivity contribution >= 4 is 34.9 Å². The third-order valence-corrected chi connectivity index (χ3v) is 3.45. The summed E-state index contributed by atoms with van der Waals surface area (Å²) in [5, 5.41) is 6.28. The summed E-state index contributed by atoms with van der Waals surface area (Å²) in [7, 11) is 0. The lowest BCUT2D eigenvalue weighted by Crippen LogP contribution is -2.30. The summed E-state index contributed by atoms with van der Waals surface area (Å²) in [4.78, 5) is 11.9. The summed E-state index contributed by atoms with van der Waals surface area (Å²) < 4.78 is 5.45. The van der Waals surface area contributed by atoms with Gasteiger partial charge in [-0.2, -0.15) is 0 Å². The molecule has 1 aromatic heterocycles. The average Bonchev–Trinajstić information content (AvgIpc) is 2.80. The second kappa shape index (κ2) is 6.20. The minimum atomic E-state index is -0.343. The van der Waals surface area contributed by atoms with Gasteiger partial charge in [-0.15, -0.1) is 0 Å². The van der Waals surface area contributed by atoms with Crippen molar-refractivity contribution in [2.75, 3.05) is 5.32 Å². The predicted octanol–water partition coefficient (Wildman–Crippen LogP) is 4.78. The van der Waals surface area contributed by atoms with Gasteiger partial charge in [0, 0.05) is 5.69 Å². The van der Waals surface area contributed by atoms with Crippen molar-refractivity contribution in [3.63, 3.8) is 0 Å². The predicted molar refractivity (Wildman–Crippen MR) is 80.5 cm³/mol. The topological polar surface area (TPSA) is 54.3 Å². The van der Waals surface area contributed by atoms with Gasteiger partial charge in [-0.1, -0.05) is 23.2 Å². The fourth-order valence-electron chi connectivity index (χ4n) is 1.69. The third-order valence-electron chi connectivity index (χ3n) is 2.71. The van der Waals surface area contributed by atoms with Crippen LogP contribution in [0, 0.1) is 6.92 Å². The van der Waals surface area contributed by atoms with Crippen LogP contribution in [0.2, 0.25) is 10.0 Å². The molecular formula is C14H14Cl2N2O2. The Labute approximate surface area is 127 Å². The molecule has 2 rings (SSSR count). The maximum Gasteiger partial charge on any atom is 0.319 e. The van der Waals surface area contributed by atoms with Gasteiger partial charge < -0.3 is 15.1 Å². The molecule has 2 amide bonds. The van der Waals surface area contributed by atoms with Crippen LogP contribution in [-0.4, -0.2) is 6.03 Å². The molecule has 0 aliphatic carbocycles. The summed E-state index contributed by atoms with van der Waals surface area (Å²) in [6, 6.07) is 8.00. The number of hydrogen-bond donors (Lipinski definition) is 2. The van der Waals surface area contributed by atoms with Crippen LogP contribution in [-0.2, 0) is 0 Å². The summed E-state index contributed by atoms with van der Waals surface area (Å²) in [5.41, 5.74) is 0.569. The summed E-state index contributed by atoms with van der Waals surface area (Å²) >= 11 is 11.7. The molecule has 0 saturated carbocycles. The number of urea groups is 1. The lowest BCUT2D eigenvalue weighted by Gasteiger charge is -2.13. The number of anilines is 1. The van der Waals surface area contributed by atoms with Crippen molar-refractivity contribution in [1.82, 2.24) is 5.32 Å². The fraction of sp³-hybridized carbons (Fsp3) is 0.214. The number of aryl methyl sites for hydroxylation is 1. The number of rotatable bonds is 3. The largest absolute Gasteiger partial charge is 0.464 e. The summed E-state index contributed by atoms with van der Waals surface area (Å²) in [6.07, 6.45) is 0. The molecule has 106 valence electrons. The molecule has 2 aromatic rings. The minimum absolute atomic E-state index is 0.230. The van der Waals surface area contributed by atoms with Gasteiger partial charge in [0.05, 0.1) is 16.1 Å².